The number of halogens is 2. The van der Waals surface area contributed by atoms with Gasteiger partial charge in [0.05, 0.1) is 22.6 Å². The summed E-state index contributed by atoms with van der Waals surface area (Å²) in [5.74, 6) is 0.0654. The summed E-state index contributed by atoms with van der Waals surface area (Å²) in [6.07, 6.45) is 0.474. The van der Waals surface area contributed by atoms with Crippen molar-refractivity contribution in [2.75, 3.05) is 17.3 Å². The average molecular weight is 339 g/mol. The van der Waals surface area contributed by atoms with Crippen molar-refractivity contribution in [2.45, 2.75) is 27.0 Å². The van der Waals surface area contributed by atoms with Crippen molar-refractivity contribution in [2.24, 2.45) is 0 Å². The second kappa shape index (κ2) is 4.74. The Morgan fingerprint density at radius 1 is 1.00 bits per heavy atom. The molecule has 0 saturated carbocycles. The summed E-state index contributed by atoms with van der Waals surface area (Å²) < 4.78 is 44.8. The van der Waals surface area contributed by atoms with Gasteiger partial charge < -0.3 is 0 Å². The molecule has 2 rings (SSSR count). The molecule has 4 nitrogen and oxygen atoms in total. The smallest absolute Gasteiger partial charge is 0.168 e. The van der Waals surface area contributed by atoms with Gasteiger partial charge in [0, 0.05) is 10.5 Å². The molecule has 2 saturated heterocycles. The topological polar surface area (TPSA) is 68.3 Å². The lowest BCUT2D eigenvalue weighted by molar-refractivity contribution is 0.599. The minimum Gasteiger partial charge on any atom is -0.229 e. The lowest BCUT2D eigenvalue weighted by Crippen LogP contribution is -2.24. The molecule has 2 aliphatic heterocycles. The van der Waals surface area contributed by atoms with Crippen LogP contribution in [-0.4, -0.2) is 54.7 Å². The highest BCUT2D eigenvalue weighted by Gasteiger charge is 2.44. The molecule has 2 aliphatic rings. The third kappa shape index (κ3) is 3.05. The van der Waals surface area contributed by atoms with Crippen LogP contribution in [0.2, 0.25) is 0 Å². The lowest BCUT2D eigenvalue weighted by atomic mass is 10.3. The number of rotatable bonds is 2. The third-order valence-corrected chi connectivity index (χ3v) is 10.6. The van der Waals surface area contributed by atoms with Gasteiger partial charge in [-0.2, -0.15) is 0 Å². The summed E-state index contributed by atoms with van der Waals surface area (Å²) in [4.78, 5) is 0. The van der Waals surface area contributed by atoms with E-state index >= 15 is 0 Å². The molecule has 0 aromatic rings. The first-order valence-electron chi connectivity index (χ1n) is 5.07. The quantitative estimate of drug-likeness (QED) is 0.699. The van der Waals surface area contributed by atoms with E-state index in [-0.39, 0.29) is 27.8 Å². The van der Waals surface area contributed by atoms with E-state index in [2.05, 4.69) is 0 Å². The van der Waals surface area contributed by atoms with Crippen molar-refractivity contribution in [3.8, 4) is 0 Å². The zero-order valence-corrected chi connectivity index (χ0v) is 12.7. The van der Waals surface area contributed by atoms with Crippen molar-refractivity contribution >= 4 is 54.6 Å². The largest absolute Gasteiger partial charge is 0.229 e. The molecule has 100 valence electrons. The fraction of sp³-hybridized carbons (Fsp3) is 1.00. The zero-order valence-electron chi connectivity index (χ0n) is 8.75. The molecule has 0 aromatic heterocycles. The molecule has 0 aliphatic carbocycles. The van der Waals surface area contributed by atoms with Crippen molar-refractivity contribution in [3.63, 3.8) is 0 Å². The number of hydrogen-bond donors (Lipinski definition) is 0. The summed E-state index contributed by atoms with van der Waals surface area (Å²) in [7, 11) is -6.29. The first kappa shape index (κ1) is 14.2. The Balaban J connectivity index is 2.04. The van der Waals surface area contributed by atoms with Crippen LogP contribution >= 0.6 is 35.0 Å². The maximum absolute atomic E-state index is 11.5. The molecule has 0 aromatic carbocycles. The van der Waals surface area contributed by atoms with E-state index in [1.54, 1.807) is 0 Å². The molecule has 4 unspecified atom stereocenters. The molecule has 17 heavy (non-hydrogen) atoms. The molecular formula is C8H12Cl2O4S3. The molecule has 0 amide bonds. The van der Waals surface area contributed by atoms with Gasteiger partial charge in [0.1, 0.15) is 4.71 Å². The Hall–Kier alpha value is 0.830. The SMILES string of the molecule is O=S1(=O)CC(Cl)C(SC2CCS(=O)(=O)C2Cl)C1. The molecule has 0 N–H and O–H groups in total. The third-order valence-electron chi connectivity index (χ3n) is 2.91. The van der Waals surface area contributed by atoms with Crippen LogP contribution in [0.15, 0.2) is 0 Å². The Kier molecular flexibility index (Phi) is 3.97. The van der Waals surface area contributed by atoms with E-state index in [9.17, 15) is 16.8 Å². The Morgan fingerprint density at radius 2 is 1.65 bits per heavy atom. The molecule has 0 radical (unpaired) electrons. The van der Waals surface area contributed by atoms with Crippen LogP contribution in [-0.2, 0) is 19.7 Å². The summed E-state index contributed by atoms with van der Waals surface area (Å²) in [5.41, 5.74) is 0. The summed E-state index contributed by atoms with van der Waals surface area (Å²) in [6.45, 7) is 0. The summed E-state index contributed by atoms with van der Waals surface area (Å²) >= 11 is 13.1. The second-order valence-corrected chi connectivity index (χ2v) is 11.5. The van der Waals surface area contributed by atoms with E-state index < -0.39 is 29.8 Å². The van der Waals surface area contributed by atoms with Gasteiger partial charge in [-0.25, -0.2) is 16.8 Å². The van der Waals surface area contributed by atoms with Crippen molar-refractivity contribution in [1.82, 2.24) is 0 Å². The molecular weight excluding hydrogens is 327 g/mol. The maximum atomic E-state index is 11.5. The Bertz CT molecular complexity index is 501. The number of sulfone groups is 2. The predicted octanol–water partition coefficient (Wildman–Crippen LogP) is 0.876. The standard InChI is InChI=1S/C8H12Cl2O4S3/c9-5-3-16(11,12)4-7(5)15-6-1-2-17(13,14)8(6)10/h5-8H,1-4H2. The minimum atomic E-state index is -3.21. The van der Waals surface area contributed by atoms with Gasteiger partial charge in [-0.3, -0.25) is 0 Å². The normalized spacial score (nSPS) is 43.9. The van der Waals surface area contributed by atoms with Gasteiger partial charge in [0.15, 0.2) is 19.7 Å². The van der Waals surface area contributed by atoms with E-state index in [4.69, 9.17) is 23.2 Å². The van der Waals surface area contributed by atoms with Crippen LogP contribution in [0.25, 0.3) is 0 Å². The average Bonchev–Trinajstić information content (AvgIpc) is 2.57. The second-order valence-electron chi connectivity index (χ2n) is 4.31. The first-order valence-corrected chi connectivity index (χ1v) is 10.4. The highest BCUT2D eigenvalue weighted by molar-refractivity contribution is 8.04. The Labute approximate surface area is 115 Å². The lowest BCUT2D eigenvalue weighted by Gasteiger charge is -2.18. The molecule has 9 heteroatoms. The van der Waals surface area contributed by atoms with E-state index in [1.165, 1.54) is 11.8 Å². The van der Waals surface area contributed by atoms with Crippen LogP contribution in [0.4, 0.5) is 0 Å². The maximum Gasteiger partial charge on any atom is 0.168 e. The van der Waals surface area contributed by atoms with Crippen molar-refractivity contribution in [3.05, 3.63) is 0 Å². The van der Waals surface area contributed by atoms with Gasteiger partial charge in [0.2, 0.25) is 0 Å². The van der Waals surface area contributed by atoms with Crippen molar-refractivity contribution in [1.29, 1.82) is 0 Å². The molecule has 4 atom stereocenters. The van der Waals surface area contributed by atoms with E-state index in [0.717, 1.165) is 0 Å². The predicted molar refractivity (Wildman–Crippen MR) is 71.5 cm³/mol. The zero-order chi connectivity index (χ0) is 12.8. The van der Waals surface area contributed by atoms with Gasteiger partial charge >= 0.3 is 0 Å². The summed E-state index contributed by atoms with van der Waals surface area (Å²) in [5, 5.41) is -0.945. The van der Waals surface area contributed by atoms with E-state index in [0.29, 0.717) is 6.42 Å². The molecule has 2 heterocycles. The molecule has 0 spiro atoms. The fourth-order valence-corrected chi connectivity index (χ4v) is 9.52. The number of hydrogen-bond acceptors (Lipinski definition) is 5. The molecule has 2 fully saturated rings. The monoisotopic (exact) mass is 338 g/mol. The van der Waals surface area contributed by atoms with Gasteiger partial charge in [-0.1, -0.05) is 0 Å². The van der Waals surface area contributed by atoms with E-state index in [1.807, 2.05) is 0 Å². The highest BCUT2D eigenvalue weighted by atomic mass is 35.5. The van der Waals surface area contributed by atoms with Gasteiger partial charge in [-0.05, 0) is 6.42 Å². The molecule has 0 bridgehead atoms. The number of alkyl halides is 2. The van der Waals surface area contributed by atoms with Crippen LogP contribution < -0.4 is 0 Å². The van der Waals surface area contributed by atoms with Crippen LogP contribution in [0.5, 0.6) is 0 Å². The summed E-state index contributed by atoms with van der Waals surface area (Å²) in [6, 6.07) is 0. The fourth-order valence-electron chi connectivity index (χ4n) is 2.01. The van der Waals surface area contributed by atoms with Crippen LogP contribution in [0.3, 0.4) is 0 Å². The van der Waals surface area contributed by atoms with Crippen LogP contribution in [0.1, 0.15) is 6.42 Å². The van der Waals surface area contributed by atoms with Crippen LogP contribution in [0, 0.1) is 0 Å². The van der Waals surface area contributed by atoms with Gasteiger partial charge in [0.25, 0.3) is 0 Å². The number of thioether (sulfide) groups is 1. The Morgan fingerprint density at radius 3 is 2.06 bits per heavy atom. The van der Waals surface area contributed by atoms with Crippen molar-refractivity contribution < 1.29 is 16.8 Å². The minimum absolute atomic E-state index is 0.0198. The van der Waals surface area contributed by atoms with Gasteiger partial charge in [-0.15, -0.1) is 35.0 Å². The highest BCUT2D eigenvalue weighted by Crippen LogP contribution is 2.39. The first-order chi connectivity index (χ1) is 7.71.